The summed E-state index contributed by atoms with van der Waals surface area (Å²) in [5.41, 5.74) is -0.389. The van der Waals surface area contributed by atoms with E-state index in [2.05, 4.69) is 0 Å². The molecular weight excluding hydrogens is 321 g/mol. The van der Waals surface area contributed by atoms with E-state index in [1.54, 1.807) is 17.0 Å². The number of ether oxygens (including phenoxy) is 1. The number of amides is 1. The van der Waals surface area contributed by atoms with Gasteiger partial charge in [0, 0.05) is 6.42 Å². The minimum atomic E-state index is -0.571. The molecule has 1 N–H and O–H groups in total. The first-order valence-electron chi connectivity index (χ1n) is 9.39. The molecule has 1 heterocycles. The number of halogens is 1. The Hall–Kier alpha value is -1.62. The third kappa shape index (κ3) is 2.47. The lowest BCUT2D eigenvalue weighted by atomic mass is 9.47. The van der Waals surface area contributed by atoms with Gasteiger partial charge in [0.25, 0.3) is 0 Å². The summed E-state index contributed by atoms with van der Waals surface area (Å²) in [4.78, 5) is 14.7. The molecule has 1 aliphatic heterocycles. The zero-order chi connectivity index (χ0) is 17.2. The summed E-state index contributed by atoms with van der Waals surface area (Å²) in [6.07, 6.45) is 6.21. The smallest absolute Gasteiger partial charge is 0.227 e. The van der Waals surface area contributed by atoms with Crippen LogP contribution < -0.4 is 9.64 Å². The summed E-state index contributed by atoms with van der Waals surface area (Å²) in [6.45, 7) is 0.782. The zero-order valence-corrected chi connectivity index (χ0v) is 14.3. The van der Waals surface area contributed by atoms with Crippen LogP contribution >= 0.6 is 0 Å². The maximum absolute atomic E-state index is 14.3. The van der Waals surface area contributed by atoms with Gasteiger partial charge in [-0.1, -0.05) is 6.07 Å². The van der Waals surface area contributed by atoms with Crippen LogP contribution in [0.15, 0.2) is 18.2 Å². The number of hydrogen-bond donors (Lipinski definition) is 1. The number of benzene rings is 1. The Balaban J connectivity index is 1.42. The van der Waals surface area contributed by atoms with Crippen molar-refractivity contribution in [1.29, 1.82) is 0 Å². The summed E-state index contributed by atoms with van der Waals surface area (Å²) in [5, 5.41) is 10.9. The average Bonchev–Trinajstić information content (AvgIpc) is 2.51. The van der Waals surface area contributed by atoms with E-state index in [0.717, 1.165) is 32.1 Å². The van der Waals surface area contributed by atoms with Gasteiger partial charge in [-0.05, 0) is 67.9 Å². The van der Waals surface area contributed by atoms with Crippen molar-refractivity contribution in [3.63, 3.8) is 0 Å². The molecule has 2 atom stereocenters. The minimum Gasteiger partial charge on any atom is -0.489 e. The lowest BCUT2D eigenvalue weighted by molar-refractivity contribution is -0.168. The van der Waals surface area contributed by atoms with Crippen LogP contribution in [0.1, 0.15) is 44.9 Å². The second kappa shape index (κ2) is 5.19. The predicted molar refractivity (Wildman–Crippen MR) is 90.9 cm³/mol. The van der Waals surface area contributed by atoms with Gasteiger partial charge in [0.05, 0.1) is 12.1 Å². The summed E-state index contributed by atoms with van der Waals surface area (Å²) >= 11 is 0. The van der Waals surface area contributed by atoms with Crippen molar-refractivity contribution in [2.75, 3.05) is 18.1 Å². The molecule has 1 aromatic carbocycles. The van der Waals surface area contributed by atoms with Crippen LogP contribution in [0.2, 0.25) is 0 Å². The molecule has 1 amide bonds. The SMILES string of the molecule is O=C(CC12C[C@H]3C[C@@H](CC(O)(C3)C1)C2)N1CCOc2cccc(F)c21. The van der Waals surface area contributed by atoms with Gasteiger partial charge in [-0.3, -0.25) is 4.79 Å². The van der Waals surface area contributed by atoms with Gasteiger partial charge in [-0.25, -0.2) is 4.39 Å². The number of aliphatic hydroxyl groups is 1. The Morgan fingerprint density at radius 3 is 2.76 bits per heavy atom. The van der Waals surface area contributed by atoms with Crippen LogP contribution in [-0.2, 0) is 4.79 Å². The van der Waals surface area contributed by atoms with Crippen molar-refractivity contribution < 1.29 is 19.0 Å². The monoisotopic (exact) mass is 345 g/mol. The van der Waals surface area contributed by atoms with Crippen molar-refractivity contribution in [3.05, 3.63) is 24.0 Å². The second-order valence-corrected chi connectivity index (χ2v) is 8.84. The van der Waals surface area contributed by atoms with Crippen molar-refractivity contribution in [2.45, 2.75) is 50.5 Å². The number of anilines is 1. The molecule has 0 aromatic heterocycles. The highest BCUT2D eigenvalue weighted by atomic mass is 19.1. The fourth-order valence-electron chi connectivity index (χ4n) is 6.51. The Morgan fingerprint density at radius 1 is 1.28 bits per heavy atom. The Bertz CT molecular complexity index is 720. The highest BCUT2D eigenvalue weighted by Gasteiger charge is 2.57. The van der Waals surface area contributed by atoms with Crippen LogP contribution in [-0.4, -0.2) is 29.8 Å². The van der Waals surface area contributed by atoms with Gasteiger partial charge in [-0.15, -0.1) is 0 Å². The van der Waals surface area contributed by atoms with Crippen LogP contribution in [0.25, 0.3) is 0 Å². The third-order valence-electron chi connectivity index (χ3n) is 6.77. The van der Waals surface area contributed by atoms with Crippen LogP contribution in [0.5, 0.6) is 5.75 Å². The first-order chi connectivity index (χ1) is 12.0. The van der Waals surface area contributed by atoms with Gasteiger partial charge >= 0.3 is 0 Å². The molecule has 134 valence electrons. The van der Waals surface area contributed by atoms with Crippen LogP contribution in [0.3, 0.4) is 0 Å². The van der Waals surface area contributed by atoms with Gasteiger partial charge in [0.15, 0.2) is 5.82 Å². The molecule has 0 saturated heterocycles. The van der Waals surface area contributed by atoms with Gasteiger partial charge in [0.1, 0.15) is 18.0 Å². The van der Waals surface area contributed by atoms with Crippen LogP contribution in [0.4, 0.5) is 10.1 Å². The molecule has 4 nitrogen and oxygen atoms in total. The van der Waals surface area contributed by atoms with Crippen LogP contribution in [0, 0.1) is 23.1 Å². The molecule has 4 aliphatic carbocycles. The Morgan fingerprint density at radius 2 is 2.04 bits per heavy atom. The summed E-state index contributed by atoms with van der Waals surface area (Å²) in [5.74, 6) is 1.11. The zero-order valence-electron chi connectivity index (χ0n) is 14.3. The largest absolute Gasteiger partial charge is 0.489 e. The van der Waals surface area contributed by atoms with Gasteiger partial charge in [-0.2, -0.15) is 0 Å². The van der Waals surface area contributed by atoms with Crippen molar-refractivity contribution in [1.82, 2.24) is 0 Å². The first kappa shape index (κ1) is 15.6. The molecule has 0 spiro atoms. The molecular formula is C20H24FNO3. The number of hydrogen-bond acceptors (Lipinski definition) is 3. The first-order valence-corrected chi connectivity index (χ1v) is 9.39. The highest BCUT2D eigenvalue weighted by molar-refractivity contribution is 5.95. The van der Waals surface area contributed by atoms with E-state index in [4.69, 9.17) is 4.74 Å². The molecule has 4 fully saturated rings. The molecule has 5 aliphatic rings. The molecule has 6 rings (SSSR count). The highest BCUT2D eigenvalue weighted by Crippen LogP contribution is 2.63. The molecule has 0 radical (unpaired) electrons. The van der Waals surface area contributed by atoms with E-state index in [9.17, 15) is 14.3 Å². The molecule has 25 heavy (non-hydrogen) atoms. The van der Waals surface area contributed by atoms with Gasteiger partial charge in [0.2, 0.25) is 5.91 Å². The van der Waals surface area contributed by atoms with E-state index in [0.29, 0.717) is 37.2 Å². The van der Waals surface area contributed by atoms with Gasteiger partial charge < -0.3 is 14.7 Å². The van der Waals surface area contributed by atoms with E-state index in [1.165, 1.54) is 12.5 Å². The standard InChI is InChI=1S/C20H24FNO3/c21-15-2-1-3-16-18(15)22(4-5-25-16)17(23)11-19-7-13-6-14(8-19)10-20(24,9-13)12-19/h1-3,13-14,24H,4-12H2/t13-,14-,19?,20?/m1/s1. The predicted octanol–water partition coefficient (Wildman–Crippen LogP) is 3.27. The number of rotatable bonds is 2. The van der Waals surface area contributed by atoms with Crippen molar-refractivity contribution in [3.8, 4) is 5.75 Å². The number of nitrogens with zero attached hydrogens (tertiary/aromatic N) is 1. The Kier molecular flexibility index (Phi) is 3.25. The molecule has 1 aromatic rings. The summed E-state index contributed by atoms with van der Waals surface area (Å²) in [7, 11) is 0. The average molecular weight is 345 g/mol. The Labute approximate surface area is 147 Å². The molecule has 0 unspecified atom stereocenters. The number of fused-ring (bicyclic) bond motifs is 1. The fraction of sp³-hybridized carbons (Fsp3) is 0.650. The molecule has 4 bridgehead atoms. The molecule has 5 heteroatoms. The number of para-hydroxylation sites is 1. The summed E-state index contributed by atoms with van der Waals surface area (Å²) < 4.78 is 19.8. The summed E-state index contributed by atoms with van der Waals surface area (Å²) in [6, 6.07) is 4.70. The maximum atomic E-state index is 14.3. The van der Waals surface area contributed by atoms with Crippen molar-refractivity contribution in [2.24, 2.45) is 17.3 Å². The topological polar surface area (TPSA) is 49.8 Å². The van der Waals surface area contributed by atoms with E-state index < -0.39 is 11.4 Å². The molecule has 4 saturated carbocycles. The number of carbonyl (C=O) groups is 1. The minimum absolute atomic E-state index is 0.0276. The third-order valence-corrected chi connectivity index (χ3v) is 6.77. The maximum Gasteiger partial charge on any atom is 0.227 e. The number of carbonyl (C=O) groups excluding carboxylic acids is 1. The van der Waals surface area contributed by atoms with E-state index >= 15 is 0 Å². The van der Waals surface area contributed by atoms with E-state index in [-0.39, 0.29) is 17.0 Å². The fourth-order valence-corrected chi connectivity index (χ4v) is 6.51. The lowest BCUT2D eigenvalue weighted by Crippen LogP contribution is -2.57. The quantitative estimate of drug-likeness (QED) is 0.895. The van der Waals surface area contributed by atoms with Crippen molar-refractivity contribution >= 4 is 11.6 Å². The second-order valence-electron chi connectivity index (χ2n) is 8.84. The van der Waals surface area contributed by atoms with E-state index in [1.807, 2.05) is 0 Å². The normalized spacial score (nSPS) is 38.4. The lowest BCUT2D eigenvalue weighted by Gasteiger charge is -2.60.